The smallest absolute Gasteiger partial charge is 0.245 e. The molecule has 0 spiro atoms. The number of amides is 2. The van der Waals surface area contributed by atoms with Crippen LogP contribution in [0.4, 0.5) is 15.8 Å². The van der Waals surface area contributed by atoms with Crippen LogP contribution in [0.1, 0.15) is 6.92 Å². The lowest BCUT2D eigenvalue weighted by Crippen LogP contribution is -2.57. The molecule has 154 valence electrons. The summed E-state index contributed by atoms with van der Waals surface area (Å²) >= 11 is 0. The van der Waals surface area contributed by atoms with Crippen molar-refractivity contribution in [1.29, 1.82) is 0 Å². The number of hydrazine groups is 1. The van der Waals surface area contributed by atoms with E-state index in [1.807, 2.05) is 4.90 Å². The molecule has 1 aromatic carbocycles. The predicted molar refractivity (Wildman–Crippen MR) is 102 cm³/mol. The molecule has 2 amide bonds. The van der Waals surface area contributed by atoms with Gasteiger partial charge in [0.05, 0.1) is 11.6 Å². The quantitative estimate of drug-likeness (QED) is 0.724. The van der Waals surface area contributed by atoms with Gasteiger partial charge < -0.3 is 10.2 Å². The SMILES string of the molecule is CC1C(=O)N(CC(=O)Nc2ccc3c(c2)S(=O)(=O)N(C)CCN3C)NCC1F. The van der Waals surface area contributed by atoms with Crippen LogP contribution >= 0.6 is 0 Å². The number of alkyl halides is 1. The molecule has 0 aromatic heterocycles. The van der Waals surface area contributed by atoms with Crippen LogP contribution in [-0.2, 0) is 19.6 Å². The van der Waals surface area contributed by atoms with Crippen molar-refractivity contribution in [1.82, 2.24) is 14.7 Å². The second kappa shape index (κ2) is 7.64. The van der Waals surface area contributed by atoms with Crippen molar-refractivity contribution in [3.05, 3.63) is 18.2 Å². The van der Waals surface area contributed by atoms with Gasteiger partial charge in [-0.3, -0.25) is 14.6 Å². The largest absolute Gasteiger partial charge is 0.372 e. The number of likely N-dealkylation sites (N-methyl/N-ethyl adjacent to an activating group) is 2. The lowest BCUT2D eigenvalue weighted by Gasteiger charge is -2.33. The lowest BCUT2D eigenvalue weighted by atomic mass is 10.0. The summed E-state index contributed by atoms with van der Waals surface area (Å²) in [5.74, 6) is -1.84. The molecule has 1 saturated heterocycles. The first-order valence-electron chi connectivity index (χ1n) is 8.91. The molecule has 2 N–H and O–H groups in total. The van der Waals surface area contributed by atoms with Crippen molar-refractivity contribution >= 4 is 33.2 Å². The molecule has 11 heteroatoms. The summed E-state index contributed by atoms with van der Waals surface area (Å²) < 4.78 is 40.3. The van der Waals surface area contributed by atoms with Gasteiger partial charge in [-0.1, -0.05) is 6.92 Å². The Morgan fingerprint density at radius 2 is 2.04 bits per heavy atom. The summed E-state index contributed by atoms with van der Waals surface area (Å²) in [6, 6.07) is 4.66. The molecule has 28 heavy (non-hydrogen) atoms. The normalized spacial score (nSPS) is 25.2. The van der Waals surface area contributed by atoms with Gasteiger partial charge in [-0.15, -0.1) is 0 Å². The molecule has 1 aromatic rings. The minimum atomic E-state index is -3.68. The first kappa shape index (κ1) is 20.5. The molecular weight excluding hydrogens is 389 g/mol. The van der Waals surface area contributed by atoms with Gasteiger partial charge in [0.2, 0.25) is 21.8 Å². The Labute approximate surface area is 163 Å². The fourth-order valence-corrected chi connectivity index (χ4v) is 4.57. The average Bonchev–Trinajstić information content (AvgIpc) is 2.73. The number of benzene rings is 1. The number of hydrogen-bond acceptors (Lipinski definition) is 6. The molecule has 1 fully saturated rings. The van der Waals surface area contributed by atoms with Crippen LogP contribution in [0.15, 0.2) is 23.1 Å². The summed E-state index contributed by atoms with van der Waals surface area (Å²) in [4.78, 5) is 26.3. The van der Waals surface area contributed by atoms with Crippen LogP contribution in [0.3, 0.4) is 0 Å². The molecule has 2 atom stereocenters. The zero-order chi connectivity index (χ0) is 20.6. The minimum absolute atomic E-state index is 0.0457. The van der Waals surface area contributed by atoms with E-state index in [4.69, 9.17) is 0 Å². The van der Waals surface area contributed by atoms with Gasteiger partial charge in [0.25, 0.3) is 0 Å². The second-order valence-electron chi connectivity index (χ2n) is 7.07. The van der Waals surface area contributed by atoms with Crippen molar-refractivity contribution in [2.24, 2.45) is 5.92 Å². The highest BCUT2D eigenvalue weighted by atomic mass is 32.2. The van der Waals surface area contributed by atoms with Crippen LogP contribution in [0, 0.1) is 5.92 Å². The van der Waals surface area contributed by atoms with Crippen molar-refractivity contribution in [2.75, 3.05) is 50.5 Å². The first-order chi connectivity index (χ1) is 13.1. The van der Waals surface area contributed by atoms with Crippen molar-refractivity contribution in [2.45, 2.75) is 18.0 Å². The summed E-state index contributed by atoms with van der Waals surface area (Å²) in [5.41, 5.74) is 3.44. The number of nitrogens with zero attached hydrogens (tertiary/aromatic N) is 3. The fourth-order valence-electron chi connectivity index (χ4n) is 3.14. The highest BCUT2D eigenvalue weighted by Gasteiger charge is 2.34. The number of sulfonamides is 1. The lowest BCUT2D eigenvalue weighted by molar-refractivity contribution is -0.147. The number of carbonyl (C=O) groups excluding carboxylic acids is 2. The van der Waals surface area contributed by atoms with Crippen LogP contribution < -0.4 is 15.6 Å². The molecular formula is C17H24FN5O4S. The summed E-state index contributed by atoms with van der Waals surface area (Å²) in [5, 5.41) is 3.69. The van der Waals surface area contributed by atoms with E-state index in [-0.39, 0.29) is 18.0 Å². The second-order valence-corrected chi connectivity index (χ2v) is 9.08. The zero-order valence-corrected chi connectivity index (χ0v) is 16.8. The monoisotopic (exact) mass is 413 g/mol. The molecule has 0 saturated carbocycles. The maximum atomic E-state index is 13.5. The molecule has 0 radical (unpaired) electrons. The van der Waals surface area contributed by atoms with Gasteiger partial charge >= 0.3 is 0 Å². The highest BCUT2D eigenvalue weighted by molar-refractivity contribution is 7.89. The van der Waals surface area contributed by atoms with Crippen LogP contribution in [0.5, 0.6) is 0 Å². The molecule has 2 unspecified atom stereocenters. The Bertz CT molecular complexity index is 894. The van der Waals surface area contributed by atoms with E-state index in [0.717, 1.165) is 5.01 Å². The highest BCUT2D eigenvalue weighted by Crippen LogP contribution is 2.31. The van der Waals surface area contributed by atoms with Crippen molar-refractivity contribution in [3.63, 3.8) is 0 Å². The third-order valence-corrected chi connectivity index (χ3v) is 6.96. The summed E-state index contributed by atoms with van der Waals surface area (Å²) in [7, 11) is -0.361. The van der Waals surface area contributed by atoms with Crippen LogP contribution in [0.25, 0.3) is 0 Å². The number of nitrogens with one attached hydrogen (secondary N) is 2. The number of carbonyl (C=O) groups is 2. The van der Waals surface area contributed by atoms with Gasteiger partial charge in [0, 0.05) is 39.4 Å². The van der Waals surface area contributed by atoms with E-state index in [1.165, 1.54) is 24.3 Å². The number of halogens is 1. The maximum absolute atomic E-state index is 13.5. The van der Waals surface area contributed by atoms with Crippen LogP contribution in [-0.4, -0.2) is 76.0 Å². The van der Waals surface area contributed by atoms with Gasteiger partial charge in [-0.25, -0.2) is 18.2 Å². The molecule has 0 aliphatic carbocycles. The van der Waals surface area contributed by atoms with Crippen molar-refractivity contribution in [3.8, 4) is 0 Å². The standard InChI is InChI=1S/C17H24FN5O4S/c1-11-13(18)9-19-23(17(11)25)10-16(24)20-12-4-5-14-15(8-12)28(26,27)22(3)7-6-21(14)2/h4-5,8,11,13,19H,6-7,9-10H2,1-3H3,(H,20,24). The van der Waals surface area contributed by atoms with Gasteiger partial charge in [0.1, 0.15) is 17.6 Å². The van der Waals surface area contributed by atoms with E-state index in [0.29, 0.717) is 24.5 Å². The number of rotatable bonds is 3. The minimum Gasteiger partial charge on any atom is -0.372 e. The zero-order valence-electron chi connectivity index (χ0n) is 16.0. The number of fused-ring (bicyclic) bond motifs is 1. The molecule has 0 bridgehead atoms. The van der Waals surface area contributed by atoms with E-state index in [1.54, 1.807) is 19.2 Å². The number of hydrogen-bond donors (Lipinski definition) is 2. The molecule has 2 aliphatic rings. The van der Waals surface area contributed by atoms with E-state index >= 15 is 0 Å². The van der Waals surface area contributed by atoms with Crippen LogP contribution in [0.2, 0.25) is 0 Å². The van der Waals surface area contributed by atoms with E-state index in [9.17, 15) is 22.4 Å². The molecule has 3 rings (SSSR count). The Kier molecular flexibility index (Phi) is 5.60. The van der Waals surface area contributed by atoms with Gasteiger partial charge in [0.15, 0.2) is 0 Å². The Balaban J connectivity index is 1.77. The van der Waals surface area contributed by atoms with Crippen molar-refractivity contribution < 1.29 is 22.4 Å². The third kappa shape index (κ3) is 3.82. The summed E-state index contributed by atoms with van der Waals surface area (Å²) in [6.07, 6.45) is -1.30. The molecule has 2 heterocycles. The predicted octanol–water partition coefficient (Wildman–Crippen LogP) is 0.0164. The van der Waals surface area contributed by atoms with E-state index in [2.05, 4.69) is 10.7 Å². The topological polar surface area (TPSA) is 102 Å². The average molecular weight is 413 g/mol. The Hall–Kier alpha value is -2.24. The maximum Gasteiger partial charge on any atom is 0.245 e. The number of anilines is 2. The Morgan fingerprint density at radius 1 is 1.32 bits per heavy atom. The van der Waals surface area contributed by atoms with E-state index < -0.39 is 33.9 Å². The first-order valence-corrected chi connectivity index (χ1v) is 10.4. The fraction of sp³-hybridized carbons (Fsp3) is 0.529. The Morgan fingerprint density at radius 3 is 2.75 bits per heavy atom. The summed E-state index contributed by atoms with van der Waals surface area (Å²) in [6.45, 7) is 2.02. The molecule has 9 nitrogen and oxygen atoms in total. The third-order valence-electron chi connectivity index (χ3n) is 5.07. The van der Waals surface area contributed by atoms with Gasteiger partial charge in [-0.2, -0.15) is 4.31 Å². The van der Waals surface area contributed by atoms with Gasteiger partial charge in [-0.05, 0) is 18.2 Å². The molecule has 2 aliphatic heterocycles.